The highest BCUT2D eigenvalue weighted by atomic mass is 16.1. The molecule has 0 saturated carbocycles. The molecular formula is C26H23N5O. The molecular weight excluding hydrogens is 398 g/mol. The lowest BCUT2D eigenvalue weighted by atomic mass is 10.1. The molecule has 32 heavy (non-hydrogen) atoms. The van der Waals surface area contributed by atoms with Gasteiger partial charge in [-0.05, 0) is 54.4 Å². The molecule has 0 aliphatic carbocycles. The van der Waals surface area contributed by atoms with Crippen molar-refractivity contribution in [3.8, 4) is 5.69 Å². The fourth-order valence-corrected chi connectivity index (χ4v) is 3.98. The Morgan fingerprint density at radius 2 is 1.72 bits per heavy atom. The molecule has 5 rings (SSSR count). The molecule has 1 N–H and O–H groups in total. The quantitative estimate of drug-likeness (QED) is 0.439. The summed E-state index contributed by atoms with van der Waals surface area (Å²) >= 11 is 0. The van der Waals surface area contributed by atoms with Crippen molar-refractivity contribution in [2.45, 2.75) is 20.0 Å². The maximum atomic E-state index is 12.9. The molecule has 158 valence electrons. The predicted octanol–water partition coefficient (Wildman–Crippen LogP) is 4.51. The van der Waals surface area contributed by atoms with Gasteiger partial charge >= 0.3 is 0 Å². The third-order valence-corrected chi connectivity index (χ3v) is 5.55. The number of carbonyl (C=O) groups excluding carboxylic acids is 1. The normalized spacial score (nSPS) is 11.0. The summed E-state index contributed by atoms with van der Waals surface area (Å²) < 4.78 is 3.97. The Balaban J connectivity index is 1.35. The van der Waals surface area contributed by atoms with Gasteiger partial charge in [0.2, 0.25) is 0 Å². The van der Waals surface area contributed by atoms with Crippen LogP contribution in [0.4, 0.5) is 0 Å². The van der Waals surface area contributed by atoms with Crippen LogP contribution in [0.25, 0.3) is 16.7 Å². The van der Waals surface area contributed by atoms with Gasteiger partial charge in [-0.2, -0.15) is 5.10 Å². The molecule has 0 radical (unpaired) electrons. The number of amides is 1. The number of aromatic nitrogens is 4. The van der Waals surface area contributed by atoms with Crippen LogP contribution in [-0.2, 0) is 13.1 Å². The van der Waals surface area contributed by atoms with E-state index in [1.165, 1.54) is 0 Å². The van der Waals surface area contributed by atoms with Gasteiger partial charge in [0, 0.05) is 30.2 Å². The lowest BCUT2D eigenvalue weighted by molar-refractivity contribution is 0.0951. The highest BCUT2D eigenvalue weighted by Gasteiger charge is 2.13. The van der Waals surface area contributed by atoms with Crippen molar-refractivity contribution in [1.82, 2.24) is 24.6 Å². The number of nitrogens with one attached hydrogen (secondary N) is 1. The molecule has 6 heteroatoms. The van der Waals surface area contributed by atoms with Crippen molar-refractivity contribution >= 4 is 16.9 Å². The predicted molar refractivity (Wildman–Crippen MR) is 125 cm³/mol. The molecule has 1 amide bonds. The third kappa shape index (κ3) is 3.90. The Morgan fingerprint density at radius 1 is 0.938 bits per heavy atom. The minimum Gasteiger partial charge on any atom is -0.348 e. The molecule has 6 nitrogen and oxygen atoms in total. The number of fused-ring (bicyclic) bond motifs is 1. The molecule has 2 aromatic heterocycles. The standard InChI is InChI=1S/C26H23N5O/c1-19-29-24-16-20(12-13-25(24)31(19)23-10-3-2-4-11-23)26(32)27-17-21-8-5-6-9-22(21)18-30-15-7-14-28-30/h2-16H,17-18H2,1H3,(H,27,32). The van der Waals surface area contributed by atoms with Crippen molar-refractivity contribution in [1.29, 1.82) is 0 Å². The first-order valence-electron chi connectivity index (χ1n) is 10.6. The van der Waals surface area contributed by atoms with Crippen LogP contribution < -0.4 is 5.32 Å². The first-order chi connectivity index (χ1) is 15.7. The molecule has 0 bridgehead atoms. The van der Waals surface area contributed by atoms with Gasteiger partial charge in [0.05, 0.1) is 17.6 Å². The summed E-state index contributed by atoms with van der Waals surface area (Å²) in [5.41, 5.74) is 5.64. The highest BCUT2D eigenvalue weighted by Crippen LogP contribution is 2.22. The molecule has 0 fully saturated rings. The average Bonchev–Trinajstić information content (AvgIpc) is 3.45. The fraction of sp³-hybridized carbons (Fsp3) is 0.115. The molecule has 0 spiro atoms. The Morgan fingerprint density at radius 3 is 2.50 bits per heavy atom. The van der Waals surface area contributed by atoms with Gasteiger partial charge in [-0.1, -0.05) is 42.5 Å². The lowest BCUT2D eigenvalue weighted by Crippen LogP contribution is -2.23. The number of hydrogen-bond donors (Lipinski definition) is 1. The van der Waals surface area contributed by atoms with Crippen LogP contribution in [0.3, 0.4) is 0 Å². The third-order valence-electron chi connectivity index (χ3n) is 5.55. The van der Waals surface area contributed by atoms with E-state index in [4.69, 9.17) is 0 Å². The Bertz CT molecular complexity index is 1370. The summed E-state index contributed by atoms with van der Waals surface area (Å²) in [6.07, 6.45) is 3.70. The van der Waals surface area contributed by atoms with Crippen molar-refractivity contribution in [2.75, 3.05) is 0 Å². The number of aryl methyl sites for hydroxylation is 1. The molecule has 0 aliphatic heterocycles. The summed E-state index contributed by atoms with van der Waals surface area (Å²) in [6.45, 7) is 3.09. The summed E-state index contributed by atoms with van der Waals surface area (Å²) in [4.78, 5) is 17.6. The molecule has 0 aliphatic rings. The smallest absolute Gasteiger partial charge is 0.251 e. The maximum Gasteiger partial charge on any atom is 0.251 e. The summed E-state index contributed by atoms with van der Waals surface area (Å²) in [6, 6.07) is 25.8. The van der Waals surface area contributed by atoms with Crippen molar-refractivity contribution in [2.24, 2.45) is 0 Å². The zero-order valence-electron chi connectivity index (χ0n) is 17.8. The van der Waals surface area contributed by atoms with E-state index in [-0.39, 0.29) is 5.91 Å². The van der Waals surface area contributed by atoms with Gasteiger partial charge < -0.3 is 5.32 Å². The number of benzene rings is 3. The van der Waals surface area contributed by atoms with E-state index in [0.717, 1.165) is 33.7 Å². The van der Waals surface area contributed by atoms with Gasteiger partial charge in [0.1, 0.15) is 5.82 Å². The van der Waals surface area contributed by atoms with Crippen LogP contribution in [0.1, 0.15) is 27.3 Å². The second kappa shape index (κ2) is 8.51. The number of hydrogen-bond acceptors (Lipinski definition) is 3. The Kier molecular flexibility index (Phi) is 5.25. The number of rotatable bonds is 6. The molecule has 0 atom stereocenters. The van der Waals surface area contributed by atoms with Gasteiger partial charge in [0.15, 0.2) is 0 Å². The van der Waals surface area contributed by atoms with Gasteiger partial charge in [-0.3, -0.25) is 14.0 Å². The van der Waals surface area contributed by atoms with Crippen molar-refractivity contribution in [3.05, 3.63) is 114 Å². The number of nitrogens with zero attached hydrogens (tertiary/aromatic N) is 4. The first-order valence-corrected chi connectivity index (χ1v) is 10.6. The largest absolute Gasteiger partial charge is 0.348 e. The van der Waals surface area contributed by atoms with Crippen LogP contribution in [0.15, 0.2) is 91.3 Å². The molecule has 0 unspecified atom stereocenters. The minimum absolute atomic E-state index is 0.118. The van der Waals surface area contributed by atoms with Crippen molar-refractivity contribution < 1.29 is 4.79 Å². The lowest BCUT2D eigenvalue weighted by Gasteiger charge is -2.11. The molecule has 2 heterocycles. The van der Waals surface area contributed by atoms with Crippen LogP contribution in [0.5, 0.6) is 0 Å². The fourth-order valence-electron chi connectivity index (χ4n) is 3.98. The van der Waals surface area contributed by atoms with Gasteiger partial charge in [-0.15, -0.1) is 0 Å². The molecule has 0 saturated heterocycles. The topological polar surface area (TPSA) is 64.7 Å². The molecule has 3 aromatic carbocycles. The highest BCUT2D eigenvalue weighted by molar-refractivity contribution is 5.97. The summed E-state index contributed by atoms with van der Waals surface area (Å²) in [5, 5.41) is 7.33. The second-order valence-corrected chi connectivity index (χ2v) is 7.69. The average molecular weight is 422 g/mol. The van der Waals surface area contributed by atoms with Gasteiger partial charge in [-0.25, -0.2) is 4.98 Å². The Hall–Kier alpha value is -4.19. The first kappa shape index (κ1) is 19.8. The second-order valence-electron chi connectivity index (χ2n) is 7.69. The minimum atomic E-state index is -0.118. The monoisotopic (exact) mass is 421 g/mol. The number of imidazole rings is 1. The number of para-hydroxylation sites is 1. The van der Waals surface area contributed by atoms with Crippen LogP contribution in [-0.4, -0.2) is 25.2 Å². The zero-order chi connectivity index (χ0) is 21.9. The van der Waals surface area contributed by atoms with Crippen LogP contribution in [0.2, 0.25) is 0 Å². The van der Waals surface area contributed by atoms with E-state index in [2.05, 4.69) is 38.2 Å². The van der Waals surface area contributed by atoms with E-state index < -0.39 is 0 Å². The van der Waals surface area contributed by atoms with Gasteiger partial charge in [0.25, 0.3) is 5.91 Å². The summed E-state index contributed by atoms with van der Waals surface area (Å²) in [5.74, 6) is 0.768. The van der Waals surface area contributed by atoms with E-state index in [1.807, 2.05) is 78.5 Å². The van der Waals surface area contributed by atoms with Crippen LogP contribution >= 0.6 is 0 Å². The van der Waals surface area contributed by atoms with Crippen molar-refractivity contribution in [3.63, 3.8) is 0 Å². The van der Waals surface area contributed by atoms with Crippen LogP contribution in [0, 0.1) is 6.92 Å². The maximum absolute atomic E-state index is 12.9. The van der Waals surface area contributed by atoms with E-state index in [1.54, 1.807) is 6.20 Å². The molecule has 5 aromatic rings. The zero-order valence-corrected chi connectivity index (χ0v) is 17.8. The van der Waals surface area contributed by atoms with E-state index in [0.29, 0.717) is 18.7 Å². The SMILES string of the molecule is Cc1nc2cc(C(=O)NCc3ccccc3Cn3cccn3)ccc2n1-c1ccccc1. The van der Waals surface area contributed by atoms with E-state index >= 15 is 0 Å². The number of carbonyl (C=O) groups is 1. The van der Waals surface area contributed by atoms with E-state index in [9.17, 15) is 4.79 Å². The summed E-state index contributed by atoms with van der Waals surface area (Å²) in [7, 11) is 0. The Labute approximate surface area is 186 Å².